The summed E-state index contributed by atoms with van der Waals surface area (Å²) in [7, 11) is 0. The van der Waals surface area contributed by atoms with Crippen LogP contribution in [0.15, 0.2) is 18.2 Å². The molecule has 1 aromatic rings. The molecule has 1 heterocycles. The Morgan fingerprint density at radius 1 is 1.41 bits per heavy atom. The fourth-order valence-electron chi connectivity index (χ4n) is 2.18. The van der Waals surface area contributed by atoms with Crippen molar-refractivity contribution in [1.29, 1.82) is 0 Å². The van der Waals surface area contributed by atoms with Crippen molar-refractivity contribution in [3.05, 3.63) is 23.4 Å². The zero-order valence-electron chi connectivity index (χ0n) is 9.53. The van der Waals surface area contributed by atoms with Gasteiger partial charge < -0.3 is 11.1 Å². The molecule has 92 valence electrons. The topological polar surface area (TPSA) is 68.0 Å². The van der Waals surface area contributed by atoms with E-state index in [4.69, 9.17) is 17.3 Å². The van der Waals surface area contributed by atoms with Gasteiger partial charge in [-0.3, -0.25) is 4.79 Å². The average Bonchev–Trinajstić information content (AvgIpc) is 2.29. The van der Waals surface area contributed by atoms with Gasteiger partial charge >= 0.3 is 0 Å². The Kier molecular flexibility index (Phi) is 3.97. The van der Waals surface area contributed by atoms with Crippen molar-refractivity contribution in [3.63, 3.8) is 0 Å². The molecule has 2 rings (SSSR count). The van der Waals surface area contributed by atoms with Crippen molar-refractivity contribution in [2.45, 2.75) is 31.7 Å². The highest BCUT2D eigenvalue weighted by Gasteiger charge is 2.28. The first-order valence-electron chi connectivity index (χ1n) is 5.86. The minimum Gasteiger partial charge on any atom is -0.327 e. The Labute approximate surface area is 106 Å². The van der Waals surface area contributed by atoms with E-state index < -0.39 is 0 Å². The van der Waals surface area contributed by atoms with Gasteiger partial charge in [0.15, 0.2) is 0 Å². The van der Waals surface area contributed by atoms with Crippen LogP contribution < -0.4 is 11.1 Å². The number of aromatic nitrogens is 1. The lowest BCUT2D eigenvalue weighted by Crippen LogP contribution is -2.40. The molecule has 1 fully saturated rings. The third-order valence-corrected chi connectivity index (χ3v) is 3.33. The van der Waals surface area contributed by atoms with Gasteiger partial charge in [0.2, 0.25) is 5.91 Å². The number of halogens is 1. The van der Waals surface area contributed by atoms with Gasteiger partial charge in [-0.05, 0) is 25.0 Å². The number of hydrogen-bond donors (Lipinski definition) is 2. The van der Waals surface area contributed by atoms with Gasteiger partial charge in [-0.25, -0.2) is 4.98 Å². The summed E-state index contributed by atoms with van der Waals surface area (Å²) in [6, 6.07) is 5.11. The van der Waals surface area contributed by atoms with Crippen molar-refractivity contribution in [2.24, 2.45) is 11.7 Å². The van der Waals surface area contributed by atoms with Gasteiger partial charge in [0.1, 0.15) is 11.0 Å². The highest BCUT2D eigenvalue weighted by atomic mass is 35.5. The largest absolute Gasteiger partial charge is 0.327 e. The Hall–Kier alpha value is -1.13. The molecule has 0 aromatic carbocycles. The smallest absolute Gasteiger partial charge is 0.230 e. The first-order chi connectivity index (χ1) is 8.16. The molecule has 0 aliphatic heterocycles. The summed E-state index contributed by atoms with van der Waals surface area (Å²) in [5.41, 5.74) is 5.96. The number of hydrogen-bond acceptors (Lipinski definition) is 3. The van der Waals surface area contributed by atoms with Crippen LogP contribution in [0.2, 0.25) is 5.15 Å². The highest BCUT2D eigenvalue weighted by molar-refractivity contribution is 6.29. The molecule has 5 heteroatoms. The van der Waals surface area contributed by atoms with Crippen molar-refractivity contribution in [2.75, 3.05) is 5.32 Å². The summed E-state index contributed by atoms with van der Waals surface area (Å²) in [5.74, 6) is 0.330. The molecule has 0 spiro atoms. The van der Waals surface area contributed by atoms with Crippen LogP contribution in [-0.2, 0) is 4.79 Å². The zero-order chi connectivity index (χ0) is 12.3. The Morgan fingerprint density at radius 2 is 2.18 bits per heavy atom. The Morgan fingerprint density at radius 3 is 2.88 bits per heavy atom. The summed E-state index contributed by atoms with van der Waals surface area (Å²) in [6.45, 7) is 0. The normalized spacial score (nSPS) is 24.4. The molecule has 1 amide bonds. The van der Waals surface area contributed by atoms with Crippen LogP contribution in [0.1, 0.15) is 25.7 Å². The lowest BCUT2D eigenvalue weighted by Gasteiger charge is -2.27. The second-order valence-electron chi connectivity index (χ2n) is 4.39. The summed E-state index contributed by atoms with van der Waals surface area (Å²) in [6.07, 6.45) is 3.95. The third kappa shape index (κ3) is 3.17. The highest BCUT2D eigenvalue weighted by Crippen LogP contribution is 2.24. The second-order valence-corrected chi connectivity index (χ2v) is 4.78. The Bertz CT molecular complexity index is 410. The number of carbonyl (C=O) groups excluding carboxylic acids is 1. The number of rotatable bonds is 2. The minimum absolute atomic E-state index is 0.0389. The lowest BCUT2D eigenvalue weighted by molar-refractivity contribution is -0.121. The molecule has 0 radical (unpaired) electrons. The maximum atomic E-state index is 12.0. The number of pyridine rings is 1. The molecule has 1 aliphatic rings. The first-order valence-corrected chi connectivity index (χ1v) is 6.23. The molecule has 0 bridgehead atoms. The number of nitrogens with two attached hydrogens (primary N) is 1. The SMILES string of the molecule is NC1CCCCC1C(=O)Nc1cccc(Cl)n1. The van der Waals surface area contributed by atoms with Crippen molar-refractivity contribution in [1.82, 2.24) is 4.98 Å². The van der Waals surface area contributed by atoms with E-state index in [-0.39, 0.29) is 17.9 Å². The van der Waals surface area contributed by atoms with Crippen LogP contribution in [0, 0.1) is 5.92 Å². The van der Waals surface area contributed by atoms with E-state index in [1.54, 1.807) is 18.2 Å². The minimum atomic E-state index is -0.107. The molecule has 1 saturated carbocycles. The van der Waals surface area contributed by atoms with Crippen LogP contribution in [-0.4, -0.2) is 16.9 Å². The molecule has 2 unspecified atom stereocenters. The predicted octanol–water partition coefficient (Wildman–Crippen LogP) is 2.19. The summed E-state index contributed by atoms with van der Waals surface area (Å²) in [5, 5.41) is 3.14. The number of anilines is 1. The molecular formula is C12H16ClN3O. The third-order valence-electron chi connectivity index (χ3n) is 3.12. The van der Waals surface area contributed by atoms with E-state index >= 15 is 0 Å². The molecule has 1 aliphatic carbocycles. The lowest BCUT2D eigenvalue weighted by atomic mass is 9.84. The van der Waals surface area contributed by atoms with Crippen LogP contribution in [0.3, 0.4) is 0 Å². The maximum Gasteiger partial charge on any atom is 0.230 e. The molecular weight excluding hydrogens is 238 g/mol. The van der Waals surface area contributed by atoms with Gasteiger partial charge in [0, 0.05) is 6.04 Å². The zero-order valence-corrected chi connectivity index (χ0v) is 10.3. The molecule has 3 N–H and O–H groups in total. The molecule has 4 nitrogen and oxygen atoms in total. The quantitative estimate of drug-likeness (QED) is 0.794. The second kappa shape index (κ2) is 5.47. The van der Waals surface area contributed by atoms with Gasteiger partial charge in [0.25, 0.3) is 0 Å². The van der Waals surface area contributed by atoms with Crippen molar-refractivity contribution in [3.8, 4) is 0 Å². The van der Waals surface area contributed by atoms with Gasteiger partial charge in [0.05, 0.1) is 5.92 Å². The Balaban J connectivity index is 2.01. The van der Waals surface area contributed by atoms with Crippen molar-refractivity contribution < 1.29 is 4.79 Å². The van der Waals surface area contributed by atoms with E-state index in [0.717, 1.165) is 25.7 Å². The van der Waals surface area contributed by atoms with Gasteiger partial charge in [-0.2, -0.15) is 0 Å². The van der Waals surface area contributed by atoms with E-state index in [0.29, 0.717) is 11.0 Å². The predicted molar refractivity (Wildman–Crippen MR) is 67.8 cm³/mol. The van der Waals surface area contributed by atoms with E-state index in [1.165, 1.54) is 0 Å². The van der Waals surface area contributed by atoms with Crippen LogP contribution in [0.25, 0.3) is 0 Å². The van der Waals surface area contributed by atoms with Gasteiger partial charge in [-0.15, -0.1) is 0 Å². The number of nitrogens with zero attached hydrogens (tertiary/aromatic N) is 1. The number of amides is 1. The maximum absolute atomic E-state index is 12.0. The fourth-order valence-corrected chi connectivity index (χ4v) is 2.35. The van der Waals surface area contributed by atoms with E-state index in [1.807, 2.05) is 0 Å². The monoisotopic (exact) mass is 253 g/mol. The average molecular weight is 254 g/mol. The standard InChI is InChI=1S/C12H16ClN3O/c13-10-6-3-7-11(15-10)16-12(17)8-4-1-2-5-9(8)14/h3,6-9H,1-2,4-5,14H2,(H,15,16,17). The first kappa shape index (κ1) is 12.3. The molecule has 2 atom stereocenters. The van der Waals surface area contributed by atoms with Gasteiger partial charge in [-0.1, -0.05) is 30.5 Å². The van der Waals surface area contributed by atoms with Crippen LogP contribution in [0.4, 0.5) is 5.82 Å². The number of nitrogens with one attached hydrogen (secondary N) is 1. The molecule has 17 heavy (non-hydrogen) atoms. The number of carbonyl (C=O) groups is 1. The van der Waals surface area contributed by atoms with Crippen molar-refractivity contribution >= 4 is 23.3 Å². The van der Waals surface area contributed by atoms with Crippen LogP contribution >= 0.6 is 11.6 Å². The van der Waals surface area contributed by atoms with E-state index in [2.05, 4.69) is 10.3 Å². The fraction of sp³-hybridized carbons (Fsp3) is 0.500. The van der Waals surface area contributed by atoms with E-state index in [9.17, 15) is 4.79 Å². The molecule has 1 aromatic heterocycles. The van der Waals surface area contributed by atoms with Crippen LogP contribution in [0.5, 0.6) is 0 Å². The summed E-state index contributed by atoms with van der Waals surface area (Å²) >= 11 is 5.76. The summed E-state index contributed by atoms with van der Waals surface area (Å²) in [4.78, 5) is 16.0. The summed E-state index contributed by atoms with van der Waals surface area (Å²) < 4.78 is 0. The molecule has 0 saturated heterocycles.